The molecule has 0 radical (unpaired) electrons. The molecule has 5 nitrogen and oxygen atoms in total. The van der Waals surface area contributed by atoms with Crippen molar-refractivity contribution in [2.24, 2.45) is 11.7 Å². The van der Waals surface area contributed by atoms with Crippen molar-refractivity contribution < 1.29 is 4.79 Å². The molecule has 0 bridgehead atoms. The van der Waals surface area contributed by atoms with Crippen LogP contribution in [0.5, 0.6) is 0 Å². The third-order valence-electron chi connectivity index (χ3n) is 5.78. The van der Waals surface area contributed by atoms with Crippen molar-refractivity contribution in [1.82, 2.24) is 10.3 Å². The first kappa shape index (κ1) is 21.0. The number of nitrogens with one attached hydrogen (secondary N) is 1. The standard InChI is InChI=1S/C20H32N4O.ClH/c1-20(21)10-5-4-8-17(20)19(25)23-15-16-9-11-22-18(14-16)24-12-6-2-3-7-13-24;/h9,11,14,17H,2-8,10,12-13,15,21H2,1H3,(H,23,25);1H. The number of anilines is 1. The van der Waals surface area contributed by atoms with Gasteiger partial charge in [0, 0.05) is 31.4 Å². The zero-order valence-electron chi connectivity index (χ0n) is 15.9. The number of hydrogen-bond acceptors (Lipinski definition) is 4. The minimum atomic E-state index is -0.377. The maximum atomic E-state index is 12.6. The number of hydrogen-bond donors (Lipinski definition) is 2. The number of pyridine rings is 1. The molecule has 1 saturated carbocycles. The molecule has 146 valence electrons. The first-order chi connectivity index (χ1) is 12.1. The SMILES string of the molecule is CC1(N)CCCCC1C(=O)NCc1ccnc(N2CCCCCC2)c1.Cl. The molecule has 26 heavy (non-hydrogen) atoms. The number of aromatic nitrogens is 1. The summed E-state index contributed by atoms with van der Waals surface area (Å²) < 4.78 is 0. The van der Waals surface area contributed by atoms with Crippen LogP contribution in [0.15, 0.2) is 18.3 Å². The van der Waals surface area contributed by atoms with E-state index in [1.165, 1.54) is 25.7 Å². The third-order valence-corrected chi connectivity index (χ3v) is 5.78. The Labute approximate surface area is 163 Å². The number of amides is 1. The first-order valence-electron chi connectivity index (χ1n) is 9.83. The van der Waals surface area contributed by atoms with Crippen LogP contribution < -0.4 is 16.0 Å². The minimum Gasteiger partial charge on any atom is -0.357 e. The lowest BCUT2D eigenvalue weighted by Gasteiger charge is -2.37. The molecule has 0 spiro atoms. The molecule has 1 aliphatic heterocycles. The first-order valence-corrected chi connectivity index (χ1v) is 9.83. The quantitative estimate of drug-likeness (QED) is 0.839. The van der Waals surface area contributed by atoms with Crippen LogP contribution in [0.2, 0.25) is 0 Å². The second-order valence-corrected chi connectivity index (χ2v) is 7.95. The Bertz CT molecular complexity index is 585. The molecule has 2 unspecified atom stereocenters. The Morgan fingerprint density at radius 1 is 1.27 bits per heavy atom. The van der Waals surface area contributed by atoms with E-state index in [4.69, 9.17) is 5.73 Å². The van der Waals surface area contributed by atoms with Crippen molar-refractivity contribution in [3.05, 3.63) is 23.9 Å². The van der Waals surface area contributed by atoms with Crippen LogP contribution in [0, 0.1) is 5.92 Å². The molecule has 3 rings (SSSR count). The van der Waals surface area contributed by atoms with Gasteiger partial charge in [-0.05, 0) is 50.3 Å². The average Bonchev–Trinajstić information content (AvgIpc) is 2.89. The molecule has 2 aliphatic rings. The van der Waals surface area contributed by atoms with E-state index in [1.54, 1.807) is 0 Å². The third kappa shape index (κ3) is 5.34. The highest BCUT2D eigenvalue weighted by Crippen LogP contribution is 2.31. The van der Waals surface area contributed by atoms with E-state index in [0.717, 1.165) is 50.2 Å². The Balaban J connectivity index is 0.00000243. The fourth-order valence-corrected chi connectivity index (χ4v) is 4.14. The van der Waals surface area contributed by atoms with E-state index in [-0.39, 0.29) is 29.8 Å². The van der Waals surface area contributed by atoms with Gasteiger partial charge in [0.25, 0.3) is 0 Å². The van der Waals surface area contributed by atoms with Gasteiger partial charge in [-0.2, -0.15) is 0 Å². The smallest absolute Gasteiger partial charge is 0.225 e. The molecular weight excluding hydrogens is 348 g/mol. The number of nitrogens with zero attached hydrogens (tertiary/aromatic N) is 2. The number of halogens is 1. The summed E-state index contributed by atoms with van der Waals surface area (Å²) in [5.74, 6) is 1.06. The summed E-state index contributed by atoms with van der Waals surface area (Å²) in [6, 6.07) is 4.11. The predicted octanol–water partition coefficient (Wildman–Crippen LogP) is 3.41. The van der Waals surface area contributed by atoms with E-state index in [0.29, 0.717) is 6.54 Å². The van der Waals surface area contributed by atoms with Gasteiger partial charge >= 0.3 is 0 Å². The van der Waals surface area contributed by atoms with Crippen LogP contribution in [-0.2, 0) is 11.3 Å². The number of rotatable bonds is 4. The molecule has 1 amide bonds. The van der Waals surface area contributed by atoms with Gasteiger partial charge in [0.2, 0.25) is 5.91 Å². The van der Waals surface area contributed by atoms with Crippen LogP contribution in [0.4, 0.5) is 5.82 Å². The second kappa shape index (κ2) is 9.56. The van der Waals surface area contributed by atoms with Crippen LogP contribution in [0.25, 0.3) is 0 Å². The van der Waals surface area contributed by atoms with Crippen LogP contribution in [0.3, 0.4) is 0 Å². The van der Waals surface area contributed by atoms with Crippen molar-refractivity contribution in [3.63, 3.8) is 0 Å². The fourth-order valence-electron chi connectivity index (χ4n) is 4.14. The fraction of sp³-hybridized carbons (Fsp3) is 0.700. The minimum absolute atomic E-state index is 0. The highest BCUT2D eigenvalue weighted by molar-refractivity contribution is 5.85. The van der Waals surface area contributed by atoms with Gasteiger partial charge in [-0.1, -0.05) is 25.7 Å². The Morgan fingerprint density at radius 2 is 2.00 bits per heavy atom. The van der Waals surface area contributed by atoms with Crippen molar-refractivity contribution in [2.75, 3.05) is 18.0 Å². The summed E-state index contributed by atoms with van der Waals surface area (Å²) in [5.41, 5.74) is 7.08. The van der Waals surface area contributed by atoms with Gasteiger partial charge in [0.1, 0.15) is 5.82 Å². The molecule has 6 heteroatoms. The zero-order valence-corrected chi connectivity index (χ0v) is 16.7. The van der Waals surface area contributed by atoms with Crippen LogP contribution >= 0.6 is 12.4 Å². The molecule has 2 heterocycles. The van der Waals surface area contributed by atoms with Crippen molar-refractivity contribution in [3.8, 4) is 0 Å². The zero-order chi connectivity index (χ0) is 17.7. The maximum absolute atomic E-state index is 12.6. The molecular formula is C20H33ClN4O. The lowest BCUT2D eigenvalue weighted by molar-refractivity contribution is -0.128. The summed E-state index contributed by atoms with van der Waals surface area (Å²) in [4.78, 5) is 19.5. The molecule has 2 atom stereocenters. The second-order valence-electron chi connectivity index (χ2n) is 7.95. The van der Waals surface area contributed by atoms with Gasteiger partial charge in [-0.25, -0.2) is 4.98 Å². The van der Waals surface area contributed by atoms with E-state index in [9.17, 15) is 4.79 Å². The van der Waals surface area contributed by atoms with Crippen molar-refractivity contribution in [2.45, 2.75) is 70.4 Å². The average molecular weight is 381 g/mol. The number of carbonyl (C=O) groups excluding carboxylic acids is 1. The summed E-state index contributed by atoms with van der Waals surface area (Å²) >= 11 is 0. The number of nitrogens with two attached hydrogens (primary N) is 1. The Kier molecular flexibility index (Phi) is 7.71. The van der Waals surface area contributed by atoms with Crippen LogP contribution in [-0.4, -0.2) is 29.5 Å². The van der Waals surface area contributed by atoms with Gasteiger partial charge in [-0.3, -0.25) is 4.79 Å². The van der Waals surface area contributed by atoms with E-state index in [1.807, 2.05) is 19.2 Å². The lowest BCUT2D eigenvalue weighted by Crippen LogP contribution is -2.52. The molecule has 2 fully saturated rings. The molecule has 1 aromatic heterocycles. The summed E-state index contributed by atoms with van der Waals surface area (Å²) in [6.07, 6.45) is 11.0. The largest absolute Gasteiger partial charge is 0.357 e. The molecule has 1 aliphatic carbocycles. The van der Waals surface area contributed by atoms with Crippen LogP contribution in [0.1, 0.15) is 63.9 Å². The topological polar surface area (TPSA) is 71.2 Å². The Morgan fingerprint density at radius 3 is 2.69 bits per heavy atom. The Hall–Kier alpha value is -1.33. The van der Waals surface area contributed by atoms with Crippen molar-refractivity contribution in [1.29, 1.82) is 0 Å². The van der Waals surface area contributed by atoms with Crippen molar-refractivity contribution >= 4 is 24.1 Å². The molecule has 1 saturated heterocycles. The lowest BCUT2D eigenvalue weighted by atomic mass is 9.74. The normalized spacial score (nSPS) is 26.5. The summed E-state index contributed by atoms with van der Waals surface area (Å²) in [5, 5.41) is 3.10. The highest BCUT2D eigenvalue weighted by Gasteiger charge is 2.37. The van der Waals surface area contributed by atoms with Gasteiger partial charge in [0.15, 0.2) is 0 Å². The molecule has 1 aromatic rings. The highest BCUT2D eigenvalue weighted by atomic mass is 35.5. The molecule has 3 N–H and O–H groups in total. The van der Waals surface area contributed by atoms with Gasteiger partial charge in [0.05, 0.1) is 5.92 Å². The number of carbonyl (C=O) groups is 1. The van der Waals surface area contributed by atoms with Gasteiger partial charge < -0.3 is 16.0 Å². The maximum Gasteiger partial charge on any atom is 0.225 e. The van der Waals surface area contributed by atoms with Gasteiger partial charge in [-0.15, -0.1) is 12.4 Å². The predicted molar refractivity (Wildman–Crippen MR) is 109 cm³/mol. The molecule has 0 aromatic carbocycles. The monoisotopic (exact) mass is 380 g/mol. The summed E-state index contributed by atoms with van der Waals surface area (Å²) in [7, 11) is 0. The van der Waals surface area contributed by atoms with E-state index < -0.39 is 0 Å². The van der Waals surface area contributed by atoms with E-state index >= 15 is 0 Å². The van der Waals surface area contributed by atoms with E-state index in [2.05, 4.69) is 21.3 Å². The summed E-state index contributed by atoms with van der Waals surface area (Å²) in [6.45, 7) is 4.72.